The molecule has 2 aromatic rings. The maximum absolute atomic E-state index is 10.8. The molecule has 0 spiro atoms. The molecule has 0 N–H and O–H groups in total. The topological polar surface area (TPSA) is 17.1 Å². The van der Waals surface area contributed by atoms with E-state index < -0.39 is 0 Å². The van der Waals surface area contributed by atoms with Crippen LogP contribution >= 0.6 is 15.9 Å². The van der Waals surface area contributed by atoms with Gasteiger partial charge in [0.05, 0.1) is 0 Å². The van der Waals surface area contributed by atoms with Gasteiger partial charge in [-0.05, 0) is 29.3 Å². The Kier molecular flexibility index (Phi) is 2.97. The molecule has 0 unspecified atom stereocenters. The highest BCUT2D eigenvalue weighted by Crippen LogP contribution is 2.25. The number of hydrogen-bond donors (Lipinski definition) is 0. The summed E-state index contributed by atoms with van der Waals surface area (Å²) in [7, 11) is 0. The summed E-state index contributed by atoms with van der Waals surface area (Å²) in [6, 6.07) is 15.3. The highest BCUT2D eigenvalue weighted by molar-refractivity contribution is 9.10. The molecular weight excluding hydrogens is 252 g/mol. The van der Waals surface area contributed by atoms with Gasteiger partial charge in [-0.3, -0.25) is 4.79 Å². The summed E-state index contributed by atoms with van der Waals surface area (Å²) in [5.74, 6) is 0. The summed E-state index contributed by atoms with van der Waals surface area (Å²) in [5.41, 5.74) is 2.52. The SMILES string of the molecule is O=[C]c1ccc(Br)cc1-c1ccccc1. The number of benzene rings is 2. The molecule has 73 valence electrons. The second kappa shape index (κ2) is 4.41. The second-order valence-electron chi connectivity index (χ2n) is 3.16. The minimum atomic E-state index is 0.587. The summed E-state index contributed by atoms with van der Waals surface area (Å²) in [6.07, 6.45) is 1.95. The lowest BCUT2D eigenvalue weighted by Gasteiger charge is -2.04. The molecule has 0 saturated carbocycles. The quantitative estimate of drug-likeness (QED) is 0.806. The molecule has 15 heavy (non-hydrogen) atoms. The summed E-state index contributed by atoms with van der Waals surface area (Å²) in [6.45, 7) is 0. The molecule has 0 amide bonds. The molecule has 0 aromatic heterocycles. The number of carbonyl (C=O) groups excluding carboxylic acids is 1. The van der Waals surface area contributed by atoms with Crippen LogP contribution in [0.3, 0.4) is 0 Å². The van der Waals surface area contributed by atoms with E-state index in [2.05, 4.69) is 15.9 Å². The largest absolute Gasteiger partial charge is 0.285 e. The molecule has 0 aliphatic heterocycles. The summed E-state index contributed by atoms with van der Waals surface area (Å²) in [4.78, 5) is 10.8. The monoisotopic (exact) mass is 259 g/mol. The van der Waals surface area contributed by atoms with Crippen molar-refractivity contribution in [2.45, 2.75) is 0 Å². The zero-order chi connectivity index (χ0) is 10.7. The van der Waals surface area contributed by atoms with Crippen molar-refractivity contribution in [2.75, 3.05) is 0 Å². The van der Waals surface area contributed by atoms with E-state index in [9.17, 15) is 4.79 Å². The van der Waals surface area contributed by atoms with Crippen LogP contribution < -0.4 is 0 Å². The van der Waals surface area contributed by atoms with Gasteiger partial charge in [-0.2, -0.15) is 0 Å². The van der Waals surface area contributed by atoms with Crippen LogP contribution in [0.1, 0.15) is 5.56 Å². The molecular formula is C13H8BrO. The molecule has 1 radical (unpaired) electrons. The van der Waals surface area contributed by atoms with Crippen LogP contribution in [0, 0.1) is 0 Å². The van der Waals surface area contributed by atoms with E-state index in [1.807, 2.05) is 48.8 Å². The van der Waals surface area contributed by atoms with Crippen LogP contribution in [0.2, 0.25) is 0 Å². The number of halogens is 1. The minimum absolute atomic E-state index is 0.587. The lowest BCUT2D eigenvalue weighted by atomic mass is 10.0. The Morgan fingerprint density at radius 1 is 1.00 bits per heavy atom. The average Bonchev–Trinajstić information content (AvgIpc) is 2.30. The fourth-order valence-corrected chi connectivity index (χ4v) is 1.82. The molecule has 0 heterocycles. The lowest BCUT2D eigenvalue weighted by Crippen LogP contribution is -1.87. The smallest absolute Gasteiger partial charge is 0.234 e. The third-order valence-corrected chi connectivity index (χ3v) is 2.67. The van der Waals surface area contributed by atoms with Crippen LogP contribution in [0.4, 0.5) is 0 Å². The predicted octanol–water partition coefficient (Wildman–Crippen LogP) is 3.57. The molecule has 1 nitrogen and oxygen atoms in total. The Bertz CT molecular complexity index is 477. The first kappa shape index (κ1) is 10.1. The number of rotatable bonds is 2. The van der Waals surface area contributed by atoms with E-state index in [1.165, 1.54) is 0 Å². The zero-order valence-corrected chi connectivity index (χ0v) is 9.49. The molecule has 0 saturated heterocycles. The van der Waals surface area contributed by atoms with Gasteiger partial charge in [0.25, 0.3) is 0 Å². The van der Waals surface area contributed by atoms with E-state index >= 15 is 0 Å². The maximum Gasteiger partial charge on any atom is 0.234 e. The van der Waals surface area contributed by atoms with Gasteiger partial charge in [0, 0.05) is 10.0 Å². The summed E-state index contributed by atoms with van der Waals surface area (Å²) < 4.78 is 0.959. The average molecular weight is 260 g/mol. The molecule has 0 bridgehead atoms. The van der Waals surface area contributed by atoms with E-state index in [-0.39, 0.29) is 0 Å². The fourth-order valence-electron chi connectivity index (χ4n) is 1.46. The first-order chi connectivity index (χ1) is 7.31. The molecule has 0 fully saturated rings. The van der Waals surface area contributed by atoms with Gasteiger partial charge < -0.3 is 0 Å². The molecule has 0 aliphatic rings. The predicted molar refractivity (Wildman–Crippen MR) is 64.4 cm³/mol. The zero-order valence-electron chi connectivity index (χ0n) is 7.91. The van der Waals surface area contributed by atoms with Crippen molar-refractivity contribution in [3.63, 3.8) is 0 Å². The third-order valence-electron chi connectivity index (χ3n) is 2.18. The Morgan fingerprint density at radius 3 is 2.40 bits per heavy atom. The highest BCUT2D eigenvalue weighted by Gasteiger charge is 2.04. The van der Waals surface area contributed by atoms with E-state index in [1.54, 1.807) is 6.07 Å². The highest BCUT2D eigenvalue weighted by atomic mass is 79.9. The minimum Gasteiger partial charge on any atom is -0.285 e. The van der Waals surface area contributed by atoms with Crippen LogP contribution in [0.25, 0.3) is 11.1 Å². The summed E-state index contributed by atoms with van der Waals surface area (Å²) >= 11 is 3.39. The first-order valence-corrected chi connectivity index (χ1v) is 5.33. The van der Waals surface area contributed by atoms with E-state index in [4.69, 9.17) is 0 Å². The van der Waals surface area contributed by atoms with Gasteiger partial charge in [0.15, 0.2) is 0 Å². The molecule has 0 atom stereocenters. The van der Waals surface area contributed by atoms with Crippen molar-refractivity contribution in [3.05, 3.63) is 58.6 Å². The number of hydrogen-bond acceptors (Lipinski definition) is 1. The van der Waals surface area contributed by atoms with Crippen LogP contribution in [-0.4, -0.2) is 6.29 Å². The maximum atomic E-state index is 10.8. The van der Waals surface area contributed by atoms with Crippen molar-refractivity contribution in [2.24, 2.45) is 0 Å². The van der Waals surface area contributed by atoms with E-state index in [0.717, 1.165) is 15.6 Å². The van der Waals surface area contributed by atoms with Crippen molar-refractivity contribution in [1.82, 2.24) is 0 Å². The van der Waals surface area contributed by atoms with Gasteiger partial charge in [-0.1, -0.05) is 46.3 Å². The molecule has 2 heteroatoms. The Labute approximate surface area is 96.9 Å². The van der Waals surface area contributed by atoms with Gasteiger partial charge in [0.2, 0.25) is 6.29 Å². The van der Waals surface area contributed by atoms with Crippen LogP contribution in [0.15, 0.2) is 53.0 Å². The Morgan fingerprint density at radius 2 is 1.73 bits per heavy atom. The molecule has 2 rings (SSSR count). The Hall–Kier alpha value is -1.41. The summed E-state index contributed by atoms with van der Waals surface area (Å²) in [5, 5.41) is 0. The van der Waals surface area contributed by atoms with E-state index in [0.29, 0.717) is 5.56 Å². The Balaban J connectivity index is 2.61. The van der Waals surface area contributed by atoms with Crippen LogP contribution in [0.5, 0.6) is 0 Å². The van der Waals surface area contributed by atoms with Crippen molar-refractivity contribution in [1.29, 1.82) is 0 Å². The third kappa shape index (κ3) is 2.16. The molecule has 2 aromatic carbocycles. The van der Waals surface area contributed by atoms with Crippen LogP contribution in [-0.2, 0) is 4.79 Å². The van der Waals surface area contributed by atoms with Gasteiger partial charge in [0.1, 0.15) is 0 Å². The lowest BCUT2D eigenvalue weighted by molar-refractivity contribution is 0.563. The van der Waals surface area contributed by atoms with Gasteiger partial charge in [-0.15, -0.1) is 0 Å². The first-order valence-electron chi connectivity index (χ1n) is 4.54. The van der Waals surface area contributed by atoms with Gasteiger partial charge in [-0.25, -0.2) is 0 Å². The van der Waals surface area contributed by atoms with Crippen molar-refractivity contribution < 1.29 is 4.79 Å². The van der Waals surface area contributed by atoms with Crippen molar-refractivity contribution >= 4 is 22.2 Å². The fraction of sp³-hybridized carbons (Fsp3) is 0. The van der Waals surface area contributed by atoms with Crippen molar-refractivity contribution in [3.8, 4) is 11.1 Å². The molecule has 0 aliphatic carbocycles. The second-order valence-corrected chi connectivity index (χ2v) is 4.07. The standard InChI is InChI=1S/C13H8BrO/c14-12-7-6-11(9-15)13(8-12)10-4-2-1-3-5-10/h1-8H. The van der Waals surface area contributed by atoms with Gasteiger partial charge >= 0.3 is 0 Å². The normalized spacial score (nSPS) is 9.93.